The van der Waals surface area contributed by atoms with Gasteiger partial charge in [-0.3, -0.25) is 4.98 Å². The molecule has 0 aliphatic heterocycles. The third-order valence-corrected chi connectivity index (χ3v) is 3.18. The highest BCUT2D eigenvalue weighted by atomic mass is 14.9. The van der Waals surface area contributed by atoms with Gasteiger partial charge in [0.25, 0.3) is 0 Å². The average Bonchev–Trinajstić information content (AvgIpc) is 2.50. The van der Waals surface area contributed by atoms with Crippen LogP contribution in [0.5, 0.6) is 0 Å². The van der Waals surface area contributed by atoms with Gasteiger partial charge in [-0.05, 0) is 29.7 Å². The first-order valence-electron chi connectivity index (χ1n) is 6.18. The number of pyridine rings is 1. The fraction of sp³-hybridized carbons (Fsp3) is 0. The molecule has 3 aromatic rings. The fourth-order valence-corrected chi connectivity index (χ4v) is 2.14. The minimum atomic E-state index is 0.455. The average molecular weight is 260 g/mol. The van der Waals surface area contributed by atoms with Crippen molar-refractivity contribution in [3.8, 4) is 6.07 Å². The number of hydrogen-bond acceptors (Lipinski definition) is 4. The van der Waals surface area contributed by atoms with Crippen LogP contribution in [-0.4, -0.2) is 4.98 Å². The summed E-state index contributed by atoms with van der Waals surface area (Å²) in [7, 11) is 0. The van der Waals surface area contributed by atoms with E-state index in [2.05, 4.69) is 16.4 Å². The van der Waals surface area contributed by atoms with Crippen molar-refractivity contribution >= 4 is 27.8 Å². The first-order valence-corrected chi connectivity index (χ1v) is 6.18. The maximum absolute atomic E-state index is 9.01. The van der Waals surface area contributed by atoms with Crippen molar-refractivity contribution in [2.75, 3.05) is 11.1 Å². The number of benzene rings is 2. The molecular formula is C16H12N4. The van der Waals surface area contributed by atoms with Crippen molar-refractivity contribution in [1.82, 2.24) is 4.98 Å². The Morgan fingerprint density at radius 3 is 2.70 bits per heavy atom. The molecule has 3 rings (SSSR count). The fourth-order valence-electron chi connectivity index (χ4n) is 2.14. The van der Waals surface area contributed by atoms with Crippen LogP contribution in [0.25, 0.3) is 10.8 Å². The largest absolute Gasteiger partial charge is 0.396 e. The van der Waals surface area contributed by atoms with Crippen LogP contribution >= 0.6 is 0 Å². The van der Waals surface area contributed by atoms with E-state index in [0.29, 0.717) is 11.3 Å². The molecule has 0 atom stereocenters. The molecule has 1 aromatic heterocycles. The van der Waals surface area contributed by atoms with E-state index in [0.717, 1.165) is 22.1 Å². The molecule has 20 heavy (non-hydrogen) atoms. The van der Waals surface area contributed by atoms with E-state index in [9.17, 15) is 0 Å². The molecule has 0 aliphatic carbocycles. The number of anilines is 3. The maximum Gasteiger partial charge on any atom is 0.101 e. The van der Waals surface area contributed by atoms with Crippen LogP contribution in [-0.2, 0) is 0 Å². The van der Waals surface area contributed by atoms with Crippen molar-refractivity contribution in [2.24, 2.45) is 0 Å². The summed E-state index contributed by atoms with van der Waals surface area (Å²) in [4.78, 5) is 4.15. The van der Waals surface area contributed by atoms with E-state index >= 15 is 0 Å². The molecule has 0 unspecified atom stereocenters. The zero-order valence-corrected chi connectivity index (χ0v) is 10.7. The molecule has 0 radical (unpaired) electrons. The Balaban J connectivity index is 2.09. The van der Waals surface area contributed by atoms with E-state index in [4.69, 9.17) is 11.0 Å². The lowest BCUT2D eigenvalue weighted by molar-refractivity contribution is 1.36. The van der Waals surface area contributed by atoms with Gasteiger partial charge in [-0.15, -0.1) is 0 Å². The lowest BCUT2D eigenvalue weighted by Gasteiger charge is -2.12. The molecule has 3 N–H and O–H groups in total. The lowest BCUT2D eigenvalue weighted by atomic mass is 10.1. The Hall–Kier alpha value is -3.06. The second-order valence-electron chi connectivity index (χ2n) is 4.41. The smallest absolute Gasteiger partial charge is 0.101 e. The van der Waals surface area contributed by atoms with Crippen LogP contribution in [0.3, 0.4) is 0 Å². The first kappa shape index (κ1) is 12.0. The Morgan fingerprint density at radius 2 is 1.85 bits per heavy atom. The van der Waals surface area contributed by atoms with Gasteiger partial charge in [0, 0.05) is 23.5 Å². The number of fused-ring (bicyclic) bond motifs is 1. The van der Waals surface area contributed by atoms with E-state index in [1.807, 2.05) is 36.5 Å². The molecule has 0 amide bonds. The molecule has 0 aliphatic rings. The normalized spacial score (nSPS) is 10.2. The Morgan fingerprint density at radius 1 is 1.05 bits per heavy atom. The van der Waals surface area contributed by atoms with E-state index < -0.39 is 0 Å². The van der Waals surface area contributed by atoms with Gasteiger partial charge < -0.3 is 11.1 Å². The van der Waals surface area contributed by atoms with Crippen LogP contribution in [0, 0.1) is 11.3 Å². The van der Waals surface area contributed by atoms with Crippen molar-refractivity contribution in [3.05, 3.63) is 60.4 Å². The van der Waals surface area contributed by atoms with E-state index in [-0.39, 0.29) is 0 Å². The van der Waals surface area contributed by atoms with Crippen LogP contribution < -0.4 is 11.1 Å². The zero-order chi connectivity index (χ0) is 13.9. The highest BCUT2D eigenvalue weighted by Crippen LogP contribution is 2.29. The minimum Gasteiger partial charge on any atom is -0.396 e. The molecule has 0 fully saturated rings. The molecule has 0 spiro atoms. The first-order chi connectivity index (χ1) is 9.79. The highest BCUT2D eigenvalue weighted by Gasteiger charge is 2.06. The summed E-state index contributed by atoms with van der Waals surface area (Å²) in [5.41, 5.74) is 8.54. The summed E-state index contributed by atoms with van der Waals surface area (Å²) in [6.45, 7) is 0. The number of para-hydroxylation sites is 1. The van der Waals surface area contributed by atoms with Crippen molar-refractivity contribution in [2.45, 2.75) is 0 Å². The molecule has 0 saturated carbocycles. The van der Waals surface area contributed by atoms with Gasteiger partial charge in [0.1, 0.15) is 6.07 Å². The van der Waals surface area contributed by atoms with E-state index in [1.54, 1.807) is 18.3 Å². The number of nitrogens with two attached hydrogens (primary N) is 1. The number of rotatable bonds is 2. The van der Waals surface area contributed by atoms with Gasteiger partial charge in [-0.2, -0.15) is 5.26 Å². The summed E-state index contributed by atoms with van der Waals surface area (Å²) in [5, 5.41) is 14.4. The van der Waals surface area contributed by atoms with Crippen LogP contribution in [0.2, 0.25) is 0 Å². The Labute approximate surface area is 116 Å². The molecular weight excluding hydrogens is 248 g/mol. The van der Waals surface area contributed by atoms with Crippen LogP contribution in [0.4, 0.5) is 17.1 Å². The van der Waals surface area contributed by atoms with Crippen molar-refractivity contribution < 1.29 is 0 Å². The number of nitriles is 1. The predicted molar refractivity (Wildman–Crippen MR) is 80.6 cm³/mol. The lowest BCUT2D eigenvalue weighted by Crippen LogP contribution is -1.99. The van der Waals surface area contributed by atoms with Crippen molar-refractivity contribution in [1.29, 1.82) is 5.26 Å². The maximum atomic E-state index is 9.01. The second kappa shape index (κ2) is 4.90. The molecule has 2 aromatic carbocycles. The number of nitrogens with one attached hydrogen (secondary N) is 1. The zero-order valence-electron chi connectivity index (χ0n) is 10.7. The second-order valence-corrected chi connectivity index (χ2v) is 4.41. The standard InChI is InChI=1S/C16H12N4/c17-9-12-4-2-6-15(16(12)18)20-14-5-1-3-11-7-8-19-10-13(11)14/h1-8,10,20H,18H2. The Kier molecular flexibility index (Phi) is 2.94. The SMILES string of the molecule is N#Cc1cccc(Nc2cccc3ccncc23)c1N. The highest BCUT2D eigenvalue weighted by molar-refractivity contribution is 5.95. The monoisotopic (exact) mass is 260 g/mol. The van der Waals surface area contributed by atoms with Gasteiger partial charge in [0.05, 0.1) is 16.9 Å². The van der Waals surface area contributed by atoms with Crippen LogP contribution in [0.15, 0.2) is 54.9 Å². The number of aromatic nitrogens is 1. The number of hydrogen-bond donors (Lipinski definition) is 2. The summed E-state index contributed by atoms with van der Waals surface area (Å²) >= 11 is 0. The van der Waals surface area contributed by atoms with Gasteiger partial charge >= 0.3 is 0 Å². The molecule has 1 heterocycles. The summed E-state index contributed by atoms with van der Waals surface area (Å²) in [6, 6.07) is 15.3. The summed E-state index contributed by atoms with van der Waals surface area (Å²) < 4.78 is 0. The summed E-state index contributed by atoms with van der Waals surface area (Å²) in [6.07, 6.45) is 3.57. The topological polar surface area (TPSA) is 74.7 Å². The summed E-state index contributed by atoms with van der Waals surface area (Å²) in [5.74, 6) is 0. The van der Waals surface area contributed by atoms with Gasteiger partial charge in [0.15, 0.2) is 0 Å². The molecule has 4 nitrogen and oxygen atoms in total. The van der Waals surface area contributed by atoms with Gasteiger partial charge in [-0.25, -0.2) is 0 Å². The molecule has 0 saturated heterocycles. The van der Waals surface area contributed by atoms with Gasteiger partial charge in [-0.1, -0.05) is 18.2 Å². The third kappa shape index (κ3) is 2.02. The minimum absolute atomic E-state index is 0.455. The van der Waals surface area contributed by atoms with E-state index in [1.165, 1.54) is 0 Å². The predicted octanol–water partition coefficient (Wildman–Crippen LogP) is 3.43. The molecule has 4 heteroatoms. The number of nitrogens with zero attached hydrogens (tertiary/aromatic N) is 2. The van der Waals surface area contributed by atoms with Crippen molar-refractivity contribution in [3.63, 3.8) is 0 Å². The third-order valence-electron chi connectivity index (χ3n) is 3.18. The molecule has 0 bridgehead atoms. The number of nitrogen functional groups attached to an aromatic ring is 1. The van der Waals surface area contributed by atoms with Crippen LogP contribution in [0.1, 0.15) is 5.56 Å². The quantitative estimate of drug-likeness (QED) is 0.692. The Bertz CT molecular complexity index is 813. The van der Waals surface area contributed by atoms with Gasteiger partial charge in [0.2, 0.25) is 0 Å². The molecule has 96 valence electrons.